The van der Waals surface area contributed by atoms with E-state index in [-0.39, 0.29) is 5.92 Å². The van der Waals surface area contributed by atoms with Crippen molar-refractivity contribution in [3.63, 3.8) is 0 Å². The zero-order chi connectivity index (χ0) is 12.5. The maximum Gasteiger partial charge on any atom is 0.276 e. The average Bonchev–Trinajstić information content (AvgIpc) is 2.99. The summed E-state index contributed by atoms with van der Waals surface area (Å²) in [7, 11) is 0. The molecule has 3 rings (SSSR count). The van der Waals surface area contributed by atoms with E-state index in [9.17, 15) is 0 Å². The Morgan fingerprint density at radius 3 is 2.83 bits per heavy atom. The molecule has 6 nitrogen and oxygen atoms in total. The Morgan fingerprint density at radius 1 is 1.22 bits per heavy atom. The normalized spacial score (nSPS) is 19.3. The van der Waals surface area contributed by atoms with Crippen LogP contribution >= 0.6 is 0 Å². The van der Waals surface area contributed by atoms with E-state index < -0.39 is 0 Å². The molecule has 0 unspecified atom stereocenters. The molecule has 2 aromatic heterocycles. The maximum absolute atomic E-state index is 5.32. The quantitative estimate of drug-likeness (QED) is 0.802. The zero-order valence-electron chi connectivity index (χ0n) is 10.4. The molecule has 1 fully saturated rings. The van der Waals surface area contributed by atoms with Gasteiger partial charge in [-0.05, 0) is 26.3 Å². The van der Waals surface area contributed by atoms with Crippen molar-refractivity contribution >= 4 is 0 Å². The lowest BCUT2D eigenvalue weighted by Crippen LogP contribution is -2.00. The summed E-state index contributed by atoms with van der Waals surface area (Å²) in [4.78, 5) is 12.9. The molecule has 1 aliphatic heterocycles. The van der Waals surface area contributed by atoms with Crippen LogP contribution in [0, 0.1) is 13.8 Å². The summed E-state index contributed by atoms with van der Waals surface area (Å²) in [5.74, 6) is 2.10. The van der Waals surface area contributed by atoms with Crippen molar-refractivity contribution in [2.75, 3.05) is 13.2 Å². The first-order chi connectivity index (χ1) is 8.72. The van der Waals surface area contributed by atoms with Crippen LogP contribution in [-0.2, 0) is 4.74 Å². The monoisotopic (exact) mass is 246 g/mol. The molecule has 94 valence electrons. The highest BCUT2D eigenvalue weighted by atomic mass is 16.5. The summed E-state index contributed by atoms with van der Waals surface area (Å²) in [6.07, 6.45) is 0.945. The van der Waals surface area contributed by atoms with Gasteiger partial charge in [-0.2, -0.15) is 4.98 Å². The molecule has 0 bridgehead atoms. The lowest BCUT2D eigenvalue weighted by Gasteiger charge is -1.99. The number of nitrogens with zero attached hydrogens (tertiary/aromatic N) is 4. The Hall–Kier alpha value is -1.82. The fraction of sp³-hybridized carbons (Fsp3) is 0.500. The van der Waals surface area contributed by atoms with E-state index in [1.807, 2.05) is 19.9 Å². The molecule has 1 saturated heterocycles. The number of aryl methyl sites for hydroxylation is 2. The average molecular weight is 246 g/mol. The molecular weight excluding hydrogens is 232 g/mol. The smallest absolute Gasteiger partial charge is 0.276 e. The van der Waals surface area contributed by atoms with Gasteiger partial charge in [0.15, 0.2) is 5.82 Å². The second kappa shape index (κ2) is 4.45. The molecule has 0 spiro atoms. The molecule has 0 N–H and O–H groups in total. The van der Waals surface area contributed by atoms with Gasteiger partial charge in [-0.1, -0.05) is 5.16 Å². The summed E-state index contributed by atoms with van der Waals surface area (Å²) >= 11 is 0. The van der Waals surface area contributed by atoms with Gasteiger partial charge in [-0.25, -0.2) is 9.97 Å². The van der Waals surface area contributed by atoms with Gasteiger partial charge >= 0.3 is 0 Å². The van der Waals surface area contributed by atoms with E-state index in [2.05, 4.69) is 20.1 Å². The van der Waals surface area contributed by atoms with Gasteiger partial charge in [0.1, 0.15) is 11.5 Å². The first-order valence-electron chi connectivity index (χ1n) is 5.96. The van der Waals surface area contributed by atoms with E-state index in [4.69, 9.17) is 9.26 Å². The van der Waals surface area contributed by atoms with Gasteiger partial charge in [0, 0.05) is 18.2 Å². The van der Waals surface area contributed by atoms with E-state index in [1.165, 1.54) is 0 Å². The Kier molecular flexibility index (Phi) is 2.79. The molecule has 0 aromatic carbocycles. The molecular formula is C12H14N4O2. The highest BCUT2D eigenvalue weighted by Crippen LogP contribution is 2.25. The van der Waals surface area contributed by atoms with Gasteiger partial charge in [-0.15, -0.1) is 0 Å². The highest BCUT2D eigenvalue weighted by molar-refractivity contribution is 5.46. The van der Waals surface area contributed by atoms with Gasteiger partial charge in [0.2, 0.25) is 0 Å². The van der Waals surface area contributed by atoms with Crippen LogP contribution in [0.5, 0.6) is 0 Å². The van der Waals surface area contributed by atoms with Crippen molar-refractivity contribution in [1.82, 2.24) is 20.1 Å². The minimum atomic E-state index is 0.242. The molecule has 2 aromatic rings. The van der Waals surface area contributed by atoms with Crippen molar-refractivity contribution in [1.29, 1.82) is 0 Å². The van der Waals surface area contributed by atoms with Crippen molar-refractivity contribution in [2.45, 2.75) is 26.2 Å². The van der Waals surface area contributed by atoms with Crippen LogP contribution in [0.15, 0.2) is 10.6 Å². The summed E-state index contributed by atoms with van der Waals surface area (Å²) in [6.45, 7) is 5.19. The summed E-state index contributed by atoms with van der Waals surface area (Å²) in [5.41, 5.74) is 1.57. The fourth-order valence-electron chi connectivity index (χ4n) is 2.07. The van der Waals surface area contributed by atoms with E-state index >= 15 is 0 Å². The third-order valence-corrected chi connectivity index (χ3v) is 2.92. The van der Waals surface area contributed by atoms with Crippen LogP contribution in [-0.4, -0.2) is 33.3 Å². The molecule has 0 radical (unpaired) electrons. The van der Waals surface area contributed by atoms with Crippen LogP contribution in [0.1, 0.15) is 29.7 Å². The van der Waals surface area contributed by atoms with Crippen molar-refractivity contribution < 1.29 is 9.26 Å². The first kappa shape index (κ1) is 11.3. The van der Waals surface area contributed by atoms with Crippen molar-refractivity contribution in [2.24, 2.45) is 0 Å². The number of aromatic nitrogens is 4. The fourth-order valence-corrected chi connectivity index (χ4v) is 2.07. The summed E-state index contributed by atoms with van der Waals surface area (Å²) in [5, 5.41) is 4.01. The Labute approximate surface area is 104 Å². The summed E-state index contributed by atoms with van der Waals surface area (Å²) in [6, 6.07) is 1.84. The molecule has 0 amide bonds. The maximum atomic E-state index is 5.32. The third-order valence-electron chi connectivity index (χ3n) is 2.92. The largest absolute Gasteiger partial charge is 0.381 e. The minimum absolute atomic E-state index is 0.242. The van der Waals surface area contributed by atoms with Gasteiger partial charge in [0.05, 0.1) is 6.61 Å². The Morgan fingerprint density at radius 2 is 2.11 bits per heavy atom. The number of hydrogen-bond donors (Lipinski definition) is 0. The van der Waals surface area contributed by atoms with E-state index in [0.717, 1.165) is 18.7 Å². The highest BCUT2D eigenvalue weighted by Gasteiger charge is 2.23. The summed E-state index contributed by atoms with van der Waals surface area (Å²) < 4.78 is 10.6. The van der Waals surface area contributed by atoms with E-state index in [0.29, 0.717) is 29.8 Å². The molecule has 0 aliphatic carbocycles. The Bertz CT molecular complexity index is 541. The molecule has 0 saturated carbocycles. The second-order valence-electron chi connectivity index (χ2n) is 4.46. The molecule has 1 atom stereocenters. The lowest BCUT2D eigenvalue weighted by atomic mass is 10.1. The minimum Gasteiger partial charge on any atom is -0.381 e. The predicted octanol–water partition coefficient (Wildman–Crippen LogP) is 1.65. The topological polar surface area (TPSA) is 73.9 Å². The van der Waals surface area contributed by atoms with Crippen LogP contribution in [0.4, 0.5) is 0 Å². The van der Waals surface area contributed by atoms with Gasteiger partial charge in [-0.3, -0.25) is 0 Å². The van der Waals surface area contributed by atoms with Crippen LogP contribution in [0.2, 0.25) is 0 Å². The number of rotatable bonds is 2. The second-order valence-corrected chi connectivity index (χ2v) is 4.46. The van der Waals surface area contributed by atoms with Crippen LogP contribution in [0.3, 0.4) is 0 Å². The number of hydrogen-bond acceptors (Lipinski definition) is 6. The Balaban J connectivity index is 1.92. The SMILES string of the molecule is Cc1cc(-c2nc([C@@H]3CCOC3)no2)nc(C)n1. The molecule has 1 aliphatic rings. The standard InChI is InChI=1S/C12H14N4O2/c1-7-5-10(14-8(2)13-7)12-15-11(16-18-12)9-3-4-17-6-9/h5,9H,3-4,6H2,1-2H3/t9-/m1/s1. The first-order valence-corrected chi connectivity index (χ1v) is 5.96. The molecule has 6 heteroatoms. The van der Waals surface area contributed by atoms with Gasteiger partial charge < -0.3 is 9.26 Å². The van der Waals surface area contributed by atoms with Crippen LogP contribution < -0.4 is 0 Å². The predicted molar refractivity (Wildman–Crippen MR) is 63.0 cm³/mol. The molecule has 18 heavy (non-hydrogen) atoms. The third kappa shape index (κ3) is 2.11. The van der Waals surface area contributed by atoms with Crippen molar-refractivity contribution in [3.05, 3.63) is 23.4 Å². The van der Waals surface area contributed by atoms with Gasteiger partial charge in [0.25, 0.3) is 5.89 Å². The van der Waals surface area contributed by atoms with Crippen molar-refractivity contribution in [3.8, 4) is 11.6 Å². The van der Waals surface area contributed by atoms with Crippen LogP contribution in [0.25, 0.3) is 11.6 Å². The number of ether oxygens (including phenoxy) is 1. The molecule has 3 heterocycles. The zero-order valence-corrected chi connectivity index (χ0v) is 10.4. The lowest BCUT2D eigenvalue weighted by molar-refractivity contribution is 0.192. The van der Waals surface area contributed by atoms with E-state index in [1.54, 1.807) is 0 Å².